The summed E-state index contributed by atoms with van der Waals surface area (Å²) in [5.41, 5.74) is 2.95. The minimum absolute atomic E-state index is 0.269. The predicted octanol–water partition coefficient (Wildman–Crippen LogP) is 4.26. The molecule has 1 aromatic heterocycles. The number of ether oxygens (including phenoxy) is 2. The molecule has 0 radical (unpaired) electrons. The van der Waals surface area contributed by atoms with Crippen molar-refractivity contribution in [2.45, 2.75) is 32.3 Å². The number of benzene rings is 2. The normalized spacial score (nSPS) is 15.3. The molecular weight excluding hydrogens is 406 g/mol. The van der Waals surface area contributed by atoms with E-state index in [9.17, 15) is 4.79 Å². The number of allylic oxidation sites excluding steroid dienone is 2. The molecule has 2 aromatic carbocycles. The maximum absolute atomic E-state index is 12.4. The summed E-state index contributed by atoms with van der Waals surface area (Å²) in [5.74, 6) is 1.18. The molecule has 8 heteroatoms. The SMILES string of the molecule is CCCCc1ccc(/C=C/C=C/C(=O)Nc2cccc3c2OC(c2nnn[nH]2)CO3)cc1. The molecule has 2 heterocycles. The van der Waals surface area contributed by atoms with Crippen LogP contribution in [-0.4, -0.2) is 33.1 Å². The molecule has 0 spiro atoms. The Hall–Kier alpha value is -3.94. The zero-order chi connectivity index (χ0) is 22.2. The number of carbonyl (C=O) groups excluding carboxylic acids is 1. The van der Waals surface area contributed by atoms with Gasteiger partial charge in [0.2, 0.25) is 5.91 Å². The maximum atomic E-state index is 12.4. The van der Waals surface area contributed by atoms with Gasteiger partial charge in [-0.15, -0.1) is 5.10 Å². The van der Waals surface area contributed by atoms with Crippen LogP contribution in [0.1, 0.15) is 42.8 Å². The molecule has 0 aliphatic carbocycles. The average molecular weight is 431 g/mol. The summed E-state index contributed by atoms with van der Waals surface area (Å²) in [7, 11) is 0. The van der Waals surface area contributed by atoms with Gasteiger partial charge >= 0.3 is 0 Å². The van der Waals surface area contributed by atoms with Crippen molar-refractivity contribution in [1.29, 1.82) is 0 Å². The number of aromatic nitrogens is 4. The van der Waals surface area contributed by atoms with Crippen LogP contribution in [0.4, 0.5) is 5.69 Å². The molecule has 1 unspecified atom stereocenters. The monoisotopic (exact) mass is 431 g/mol. The minimum atomic E-state index is -0.484. The number of aromatic amines is 1. The zero-order valence-corrected chi connectivity index (χ0v) is 17.8. The number of para-hydroxylation sites is 1. The van der Waals surface area contributed by atoms with Gasteiger partial charge in [-0.1, -0.05) is 61.9 Å². The first-order valence-corrected chi connectivity index (χ1v) is 10.6. The summed E-state index contributed by atoms with van der Waals surface area (Å²) >= 11 is 0. The molecule has 4 rings (SSSR count). The van der Waals surface area contributed by atoms with Gasteiger partial charge in [-0.2, -0.15) is 0 Å². The van der Waals surface area contributed by atoms with E-state index in [2.05, 4.69) is 57.1 Å². The Labute approximate surface area is 186 Å². The summed E-state index contributed by atoms with van der Waals surface area (Å²) < 4.78 is 11.7. The van der Waals surface area contributed by atoms with Crippen LogP contribution in [0.25, 0.3) is 6.08 Å². The van der Waals surface area contributed by atoms with E-state index in [-0.39, 0.29) is 12.5 Å². The highest BCUT2D eigenvalue weighted by molar-refractivity contribution is 6.00. The van der Waals surface area contributed by atoms with Crippen LogP contribution in [0.5, 0.6) is 11.5 Å². The van der Waals surface area contributed by atoms with Gasteiger partial charge in [-0.25, -0.2) is 5.10 Å². The number of anilines is 1. The second-order valence-corrected chi connectivity index (χ2v) is 7.39. The van der Waals surface area contributed by atoms with Crippen molar-refractivity contribution in [3.63, 3.8) is 0 Å². The first-order chi connectivity index (χ1) is 15.7. The number of rotatable bonds is 8. The predicted molar refractivity (Wildman–Crippen MR) is 121 cm³/mol. The van der Waals surface area contributed by atoms with Crippen molar-refractivity contribution >= 4 is 17.7 Å². The van der Waals surface area contributed by atoms with E-state index in [4.69, 9.17) is 9.47 Å². The van der Waals surface area contributed by atoms with Gasteiger partial charge in [-0.3, -0.25) is 4.79 Å². The molecular formula is C24H25N5O3. The van der Waals surface area contributed by atoms with Crippen molar-refractivity contribution in [1.82, 2.24) is 20.6 Å². The third-order valence-electron chi connectivity index (χ3n) is 5.00. The topological polar surface area (TPSA) is 102 Å². The molecule has 2 N–H and O–H groups in total. The number of nitrogens with one attached hydrogen (secondary N) is 2. The second kappa shape index (κ2) is 10.4. The Bertz CT molecular complexity index is 1090. The Morgan fingerprint density at radius 2 is 2.09 bits per heavy atom. The number of aryl methyl sites for hydroxylation is 1. The number of tetrazole rings is 1. The lowest BCUT2D eigenvalue weighted by Crippen LogP contribution is -2.24. The van der Waals surface area contributed by atoms with Crippen LogP contribution < -0.4 is 14.8 Å². The van der Waals surface area contributed by atoms with Gasteiger partial charge in [0.05, 0.1) is 5.69 Å². The molecule has 1 atom stereocenters. The van der Waals surface area contributed by atoms with E-state index in [1.54, 1.807) is 24.3 Å². The minimum Gasteiger partial charge on any atom is -0.485 e. The quantitative estimate of drug-likeness (QED) is 0.408. The molecule has 32 heavy (non-hydrogen) atoms. The van der Waals surface area contributed by atoms with Crippen molar-refractivity contribution in [2.24, 2.45) is 0 Å². The number of amides is 1. The third-order valence-corrected chi connectivity index (χ3v) is 5.00. The number of H-pyrrole nitrogens is 1. The largest absolute Gasteiger partial charge is 0.485 e. The third kappa shape index (κ3) is 5.40. The number of unbranched alkanes of at least 4 members (excludes halogenated alkanes) is 1. The molecule has 1 aliphatic rings. The lowest BCUT2D eigenvalue weighted by Gasteiger charge is -2.26. The first kappa shape index (κ1) is 21.3. The first-order valence-electron chi connectivity index (χ1n) is 10.6. The second-order valence-electron chi connectivity index (χ2n) is 7.39. The van der Waals surface area contributed by atoms with Gasteiger partial charge in [-0.05, 0) is 46.5 Å². The van der Waals surface area contributed by atoms with Gasteiger partial charge in [0.15, 0.2) is 23.4 Å². The highest BCUT2D eigenvalue weighted by atomic mass is 16.6. The number of hydrogen-bond acceptors (Lipinski definition) is 6. The summed E-state index contributed by atoms with van der Waals surface area (Å²) in [4.78, 5) is 12.4. The summed E-state index contributed by atoms with van der Waals surface area (Å²) in [6.45, 7) is 2.46. The molecule has 0 bridgehead atoms. The van der Waals surface area contributed by atoms with Crippen LogP contribution in [0, 0.1) is 0 Å². The molecule has 1 amide bonds. The van der Waals surface area contributed by atoms with E-state index in [1.807, 2.05) is 12.2 Å². The van der Waals surface area contributed by atoms with E-state index in [1.165, 1.54) is 24.5 Å². The summed E-state index contributed by atoms with van der Waals surface area (Å²) in [5, 5.41) is 16.5. The molecule has 1 aliphatic heterocycles. The van der Waals surface area contributed by atoms with Gasteiger partial charge < -0.3 is 14.8 Å². The highest BCUT2D eigenvalue weighted by Crippen LogP contribution is 2.41. The van der Waals surface area contributed by atoms with E-state index in [0.717, 1.165) is 12.0 Å². The maximum Gasteiger partial charge on any atom is 0.248 e. The van der Waals surface area contributed by atoms with E-state index in [0.29, 0.717) is 23.0 Å². The fourth-order valence-electron chi connectivity index (χ4n) is 3.29. The summed E-state index contributed by atoms with van der Waals surface area (Å²) in [6.07, 6.45) is 9.99. The standard InChI is InChI=1S/C24H25N5O3/c1-2-3-7-17-12-14-18(15-13-17)8-4-5-11-22(30)25-19-9-6-10-20-23(19)32-21(16-31-20)24-26-28-29-27-24/h4-6,8-15,21H,2-3,7,16H2,1H3,(H,25,30)(H,26,27,28,29)/b8-4+,11-5+. The lowest BCUT2D eigenvalue weighted by molar-refractivity contribution is -0.111. The van der Waals surface area contributed by atoms with Crippen molar-refractivity contribution < 1.29 is 14.3 Å². The lowest BCUT2D eigenvalue weighted by atomic mass is 10.1. The van der Waals surface area contributed by atoms with Gasteiger partial charge in [0.25, 0.3) is 0 Å². The van der Waals surface area contributed by atoms with Crippen molar-refractivity contribution in [3.05, 3.63) is 77.6 Å². The molecule has 8 nitrogen and oxygen atoms in total. The molecule has 3 aromatic rings. The van der Waals surface area contributed by atoms with Crippen LogP contribution >= 0.6 is 0 Å². The van der Waals surface area contributed by atoms with Crippen LogP contribution in [0.3, 0.4) is 0 Å². The molecule has 0 fully saturated rings. The molecule has 164 valence electrons. The number of hydrogen-bond donors (Lipinski definition) is 2. The zero-order valence-electron chi connectivity index (χ0n) is 17.8. The van der Waals surface area contributed by atoms with Crippen LogP contribution in [0.2, 0.25) is 0 Å². The fraction of sp³-hybridized carbons (Fsp3) is 0.250. The van der Waals surface area contributed by atoms with E-state index < -0.39 is 6.10 Å². The van der Waals surface area contributed by atoms with E-state index >= 15 is 0 Å². The highest BCUT2D eigenvalue weighted by Gasteiger charge is 2.27. The Morgan fingerprint density at radius 1 is 1.22 bits per heavy atom. The fourth-order valence-corrected chi connectivity index (χ4v) is 3.29. The number of fused-ring (bicyclic) bond motifs is 1. The molecule has 0 saturated heterocycles. The smallest absolute Gasteiger partial charge is 0.248 e. The van der Waals surface area contributed by atoms with Crippen LogP contribution in [-0.2, 0) is 11.2 Å². The average Bonchev–Trinajstić information content (AvgIpc) is 3.36. The van der Waals surface area contributed by atoms with Gasteiger partial charge in [0.1, 0.15) is 6.61 Å². The number of nitrogens with zero attached hydrogens (tertiary/aromatic N) is 3. The van der Waals surface area contributed by atoms with Crippen LogP contribution in [0.15, 0.2) is 60.7 Å². The van der Waals surface area contributed by atoms with Crippen molar-refractivity contribution in [2.75, 3.05) is 11.9 Å². The van der Waals surface area contributed by atoms with Gasteiger partial charge in [0, 0.05) is 6.08 Å². The Balaban J connectivity index is 1.35. The Kier molecular flexibility index (Phi) is 6.91. The van der Waals surface area contributed by atoms with Crippen molar-refractivity contribution in [3.8, 4) is 11.5 Å². The number of carbonyl (C=O) groups is 1. The Morgan fingerprint density at radius 3 is 2.88 bits per heavy atom. The molecule has 0 saturated carbocycles. The summed E-state index contributed by atoms with van der Waals surface area (Å²) in [6, 6.07) is 13.8.